The van der Waals surface area contributed by atoms with E-state index >= 15 is 0 Å². The number of nitrogens with one attached hydrogen (secondary N) is 1. The molecule has 0 spiro atoms. The number of hydrogen-bond acceptors (Lipinski definition) is 5. The molecule has 118 valence electrons. The molecular weight excluding hydrogens is 296 g/mol. The first-order chi connectivity index (χ1) is 9.69. The zero-order chi connectivity index (χ0) is 16.0. The molecule has 0 aliphatic heterocycles. The van der Waals surface area contributed by atoms with Crippen LogP contribution in [0.5, 0.6) is 0 Å². The average Bonchev–Trinajstić information content (AvgIpc) is 2.35. The van der Waals surface area contributed by atoms with Gasteiger partial charge in [-0.05, 0) is 39.3 Å². The highest BCUT2D eigenvalue weighted by molar-refractivity contribution is 6.29. The molecule has 0 fully saturated rings. The van der Waals surface area contributed by atoms with Gasteiger partial charge in [-0.1, -0.05) is 17.7 Å². The average molecular weight is 317 g/mol. The van der Waals surface area contributed by atoms with Crippen LogP contribution in [0.25, 0.3) is 0 Å². The van der Waals surface area contributed by atoms with Crippen LogP contribution in [-0.4, -0.2) is 39.5 Å². The Balaban J connectivity index is 2.40. The number of aromatic nitrogens is 1. The molecule has 0 saturated heterocycles. The molecule has 3 N–H and O–H groups in total. The first-order valence-electron chi connectivity index (χ1n) is 6.64. The molecule has 2 unspecified atom stereocenters. The molecule has 1 aromatic rings. The highest BCUT2D eigenvalue weighted by Crippen LogP contribution is 2.18. The van der Waals surface area contributed by atoms with Crippen molar-refractivity contribution in [1.82, 2.24) is 10.3 Å². The number of pyridine rings is 1. The van der Waals surface area contributed by atoms with Gasteiger partial charge in [-0.25, -0.2) is 9.78 Å². The monoisotopic (exact) mass is 316 g/mol. The molecular formula is C14H21ClN2O4. The molecule has 0 saturated carbocycles. The largest absolute Gasteiger partial charge is 0.444 e. The fourth-order valence-corrected chi connectivity index (χ4v) is 1.75. The van der Waals surface area contributed by atoms with Crippen LogP contribution in [0.1, 0.15) is 39.0 Å². The van der Waals surface area contributed by atoms with Crippen molar-refractivity contribution in [2.24, 2.45) is 0 Å². The predicted octanol–water partition coefficient (Wildman–Crippen LogP) is 2.04. The maximum atomic E-state index is 11.4. The number of alkyl carbamates (subject to hydrolysis) is 1. The van der Waals surface area contributed by atoms with Crippen LogP contribution >= 0.6 is 11.6 Å². The van der Waals surface area contributed by atoms with E-state index in [1.807, 2.05) is 0 Å². The Morgan fingerprint density at radius 1 is 1.43 bits per heavy atom. The third kappa shape index (κ3) is 6.75. The van der Waals surface area contributed by atoms with E-state index in [0.29, 0.717) is 0 Å². The number of carbonyl (C=O) groups is 1. The molecule has 0 bridgehead atoms. The summed E-state index contributed by atoms with van der Waals surface area (Å²) < 4.78 is 5.06. The van der Waals surface area contributed by atoms with Crippen LogP contribution in [0.15, 0.2) is 18.2 Å². The van der Waals surface area contributed by atoms with Gasteiger partial charge in [-0.15, -0.1) is 0 Å². The third-order valence-electron chi connectivity index (χ3n) is 2.51. The summed E-state index contributed by atoms with van der Waals surface area (Å²) >= 11 is 5.72. The highest BCUT2D eigenvalue weighted by Gasteiger charge is 2.21. The van der Waals surface area contributed by atoms with Crippen LogP contribution in [0, 0.1) is 0 Å². The molecule has 0 aliphatic rings. The molecule has 0 aromatic carbocycles. The Bertz CT molecular complexity index is 476. The number of aliphatic hydroxyl groups is 2. The van der Waals surface area contributed by atoms with Gasteiger partial charge in [0.25, 0.3) is 0 Å². The molecule has 0 aliphatic carbocycles. The highest BCUT2D eigenvalue weighted by atomic mass is 35.5. The fourth-order valence-electron chi connectivity index (χ4n) is 1.58. The van der Waals surface area contributed by atoms with Gasteiger partial charge in [-0.2, -0.15) is 0 Å². The third-order valence-corrected chi connectivity index (χ3v) is 2.72. The van der Waals surface area contributed by atoms with Gasteiger partial charge in [0.15, 0.2) is 0 Å². The lowest BCUT2D eigenvalue weighted by molar-refractivity contribution is 0.00995. The van der Waals surface area contributed by atoms with Crippen molar-refractivity contribution in [1.29, 1.82) is 0 Å². The number of ether oxygens (including phenoxy) is 1. The van der Waals surface area contributed by atoms with Crippen molar-refractivity contribution in [2.45, 2.75) is 45.0 Å². The summed E-state index contributed by atoms with van der Waals surface area (Å²) in [6.07, 6.45) is -2.63. The molecule has 1 aromatic heterocycles. The van der Waals surface area contributed by atoms with Crippen LogP contribution in [0.4, 0.5) is 4.79 Å². The minimum absolute atomic E-state index is 0.161. The molecule has 1 amide bonds. The fraction of sp³-hybridized carbons (Fsp3) is 0.571. The molecule has 1 heterocycles. The van der Waals surface area contributed by atoms with Gasteiger partial charge in [0, 0.05) is 6.54 Å². The predicted molar refractivity (Wildman–Crippen MR) is 79.1 cm³/mol. The summed E-state index contributed by atoms with van der Waals surface area (Å²) in [5.41, 5.74) is -0.292. The van der Waals surface area contributed by atoms with Gasteiger partial charge in [0.2, 0.25) is 0 Å². The summed E-state index contributed by atoms with van der Waals surface area (Å²) in [6, 6.07) is 4.79. The second kappa shape index (κ2) is 7.59. The lowest BCUT2D eigenvalue weighted by atomic mass is 10.1. The Labute approximate surface area is 129 Å². The number of aliphatic hydroxyl groups excluding tert-OH is 2. The SMILES string of the molecule is CC(C)(C)OC(=O)NCCC(O)C(O)c1cccc(Cl)n1. The zero-order valence-corrected chi connectivity index (χ0v) is 13.1. The van der Waals surface area contributed by atoms with Crippen molar-refractivity contribution >= 4 is 17.7 Å². The van der Waals surface area contributed by atoms with Crippen molar-refractivity contribution in [3.8, 4) is 0 Å². The normalized spacial score (nSPS) is 14.4. The Morgan fingerprint density at radius 2 is 2.10 bits per heavy atom. The van der Waals surface area contributed by atoms with E-state index in [-0.39, 0.29) is 23.8 Å². The van der Waals surface area contributed by atoms with E-state index in [0.717, 1.165) is 0 Å². The Kier molecular flexibility index (Phi) is 6.39. The van der Waals surface area contributed by atoms with Gasteiger partial charge in [-0.3, -0.25) is 0 Å². The number of hydrogen-bond donors (Lipinski definition) is 3. The number of carbonyl (C=O) groups excluding carboxylic acids is 1. The number of amides is 1. The second-order valence-corrected chi connectivity index (χ2v) is 6.00. The van der Waals surface area contributed by atoms with Gasteiger partial charge in [0.05, 0.1) is 11.8 Å². The Morgan fingerprint density at radius 3 is 2.67 bits per heavy atom. The molecule has 21 heavy (non-hydrogen) atoms. The number of halogens is 1. The smallest absolute Gasteiger partial charge is 0.407 e. The summed E-state index contributed by atoms with van der Waals surface area (Å²) in [7, 11) is 0. The van der Waals surface area contributed by atoms with Gasteiger partial charge in [0.1, 0.15) is 16.9 Å². The van der Waals surface area contributed by atoms with E-state index < -0.39 is 23.9 Å². The summed E-state index contributed by atoms with van der Waals surface area (Å²) in [4.78, 5) is 15.3. The van der Waals surface area contributed by atoms with E-state index in [9.17, 15) is 15.0 Å². The quantitative estimate of drug-likeness (QED) is 0.723. The standard InChI is InChI=1S/C14H21ClN2O4/c1-14(2,3)21-13(20)16-8-7-10(18)12(19)9-5-4-6-11(15)17-9/h4-6,10,12,18-19H,7-8H2,1-3H3,(H,16,20). The molecule has 7 heteroatoms. The summed E-state index contributed by atoms with van der Waals surface area (Å²) in [5.74, 6) is 0. The maximum Gasteiger partial charge on any atom is 0.407 e. The van der Waals surface area contributed by atoms with Crippen LogP contribution in [0.3, 0.4) is 0 Å². The van der Waals surface area contributed by atoms with Crippen molar-refractivity contribution in [2.75, 3.05) is 6.54 Å². The molecule has 0 radical (unpaired) electrons. The number of nitrogens with zero attached hydrogens (tertiary/aromatic N) is 1. The lowest BCUT2D eigenvalue weighted by Crippen LogP contribution is -2.34. The van der Waals surface area contributed by atoms with Gasteiger partial charge >= 0.3 is 6.09 Å². The van der Waals surface area contributed by atoms with E-state index in [1.165, 1.54) is 0 Å². The van der Waals surface area contributed by atoms with Crippen molar-refractivity contribution < 1.29 is 19.7 Å². The first-order valence-corrected chi connectivity index (χ1v) is 7.02. The van der Waals surface area contributed by atoms with Crippen LogP contribution in [-0.2, 0) is 4.74 Å². The van der Waals surface area contributed by atoms with E-state index in [1.54, 1.807) is 39.0 Å². The van der Waals surface area contributed by atoms with Gasteiger partial charge < -0.3 is 20.3 Å². The molecule has 6 nitrogen and oxygen atoms in total. The second-order valence-electron chi connectivity index (χ2n) is 5.61. The summed E-state index contributed by atoms with van der Waals surface area (Å²) in [5, 5.41) is 22.6. The van der Waals surface area contributed by atoms with Crippen molar-refractivity contribution in [3.05, 3.63) is 29.0 Å². The van der Waals surface area contributed by atoms with E-state index in [2.05, 4.69) is 10.3 Å². The minimum Gasteiger partial charge on any atom is -0.444 e. The topological polar surface area (TPSA) is 91.7 Å². The molecule has 1 rings (SSSR count). The van der Waals surface area contributed by atoms with Crippen LogP contribution in [0.2, 0.25) is 5.15 Å². The first kappa shape index (κ1) is 17.7. The van der Waals surface area contributed by atoms with Crippen molar-refractivity contribution in [3.63, 3.8) is 0 Å². The summed E-state index contributed by atoms with van der Waals surface area (Å²) in [6.45, 7) is 5.45. The number of rotatable bonds is 5. The van der Waals surface area contributed by atoms with Crippen LogP contribution < -0.4 is 5.32 Å². The lowest BCUT2D eigenvalue weighted by Gasteiger charge is -2.21. The maximum absolute atomic E-state index is 11.4. The molecule has 2 atom stereocenters. The minimum atomic E-state index is -1.16. The zero-order valence-electron chi connectivity index (χ0n) is 12.3. The van der Waals surface area contributed by atoms with E-state index in [4.69, 9.17) is 16.3 Å². The Hall–Kier alpha value is -1.37.